The van der Waals surface area contributed by atoms with Crippen LogP contribution in [-0.2, 0) is 0 Å². The zero-order valence-corrected chi connectivity index (χ0v) is 33.1. The lowest BCUT2D eigenvalue weighted by Gasteiger charge is -2.51. The van der Waals surface area contributed by atoms with Gasteiger partial charge in [-0.25, -0.2) is 0 Å². The fourth-order valence-corrected chi connectivity index (χ4v) is 17.5. The van der Waals surface area contributed by atoms with Gasteiger partial charge >= 0.3 is 0 Å². The average Bonchev–Trinajstić information content (AvgIpc) is 2.68. The van der Waals surface area contributed by atoms with Crippen molar-refractivity contribution < 1.29 is 0 Å². The Morgan fingerprint density at radius 2 is 0.536 bits per heavy atom. The molecule has 166 valence electrons. The SMILES string of the molecule is BrCC(C(CBr)C1C(Br)C(Br)C(Br)C(Br)C1Br)C1C(Br)C(Br)C(Br)C(Br)C1Br. The standard InChI is InChI=1S/C16H18Br12/c17-1-3(5-7(19)11(23)15(27)12(24)8(5)20)4(2-18)6-9(21)13(25)16(28)14(26)10(6)22/h3-16H,1-2H2. The zero-order chi connectivity index (χ0) is 21.5. The van der Waals surface area contributed by atoms with Crippen LogP contribution < -0.4 is 0 Å². The van der Waals surface area contributed by atoms with Gasteiger partial charge in [-0.3, -0.25) is 0 Å². The summed E-state index contributed by atoms with van der Waals surface area (Å²) in [5.41, 5.74) is 0. The zero-order valence-electron chi connectivity index (χ0n) is 14.0. The van der Waals surface area contributed by atoms with E-state index < -0.39 is 0 Å². The first-order valence-corrected chi connectivity index (χ1v) is 19.9. The van der Waals surface area contributed by atoms with Gasteiger partial charge in [-0.2, -0.15) is 0 Å². The van der Waals surface area contributed by atoms with Crippen LogP contribution in [0.15, 0.2) is 0 Å². The summed E-state index contributed by atoms with van der Waals surface area (Å²) in [5.74, 6) is 1.86. The van der Waals surface area contributed by atoms with Crippen LogP contribution in [0.5, 0.6) is 0 Å². The molecular weight excluding hydrogens is 1150 g/mol. The molecule has 0 nitrogen and oxygen atoms in total. The molecule has 0 aromatic carbocycles. The Morgan fingerprint density at radius 3 is 0.714 bits per heavy atom. The van der Waals surface area contributed by atoms with E-state index in [-0.39, 0.29) is 0 Å². The molecule has 0 aromatic heterocycles. The second-order valence-electron chi connectivity index (χ2n) is 7.24. The van der Waals surface area contributed by atoms with Crippen molar-refractivity contribution in [2.24, 2.45) is 23.7 Å². The van der Waals surface area contributed by atoms with Crippen LogP contribution in [0.25, 0.3) is 0 Å². The molecule has 0 bridgehead atoms. The minimum Gasteiger partial charge on any atom is -0.0925 e. The topological polar surface area (TPSA) is 0 Å². The van der Waals surface area contributed by atoms with Crippen LogP contribution in [0.1, 0.15) is 0 Å². The van der Waals surface area contributed by atoms with E-state index in [1.165, 1.54) is 0 Å². The Hall–Kier alpha value is 5.76. The van der Waals surface area contributed by atoms with Crippen molar-refractivity contribution in [3.05, 3.63) is 0 Å². The molecule has 0 N–H and O–H groups in total. The third kappa shape index (κ3) is 6.18. The van der Waals surface area contributed by atoms with Crippen molar-refractivity contribution in [2.45, 2.75) is 48.3 Å². The van der Waals surface area contributed by atoms with E-state index >= 15 is 0 Å². The van der Waals surface area contributed by atoms with Crippen LogP contribution in [0.2, 0.25) is 0 Å². The fourth-order valence-electron chi connectivity index (χ4n) is 4.20. The molecule has 12 heteroatoms. The van der Waals surface area contributed by atoms with E-state index in [4.69, 9.17) is 0 Å². The highest BCUT2D eigenvalue weighted by molar-refractivity contribution is 9.16. The third-order valence-corrected chi connectivity index (χ3v) is 24.5. The van der Waals surface area contributed by atoms with Gasteiger partial charge in [0.2, 0.25) is 0 Å². The first-order chi connectivity index (χ1) is 13.0. The first-order valence-electron chi connectivity index (χ1n) is 8.53. The molecule has 0 heterocycles. The van der Waals surface area contributed by atoms with Crippen molar-refractivity contribution in [2.75, 3.05) is 10.7 Å². The maximum atomic E-state index is 4.04. The van der Waals surface area contributed by atoms with Gasteiger partial charge in [0, 0.05) is 58.9 Å². The van der Waals surface area contributed by atoms with E-state index in [2.05, 4.69) is 191 Å². The van der Waals surface area contributed by atoms with E-state index in [0.29, 0.717) is 71.9 Å². The van der Waals surface area contributed by atoms with Crippen LogP contribution in [-0.4, -0.2) is 58.9 Å². The van der Waals surface area contributed by atoms with E-state index in [0.717, 1.165) is 10.7 Å². The van der Waals surface area contributed by atoms with Crippen molar-refractivity contribution in [3.8, 4) is 0 Å². The van der Waals surface area contributed by atoms with Gasteiger partial charge in [0.05, 0.1) is 0 Å². The predicted molar refractivity (Wildman–Crippen MR) is 169 cm³/mol. The summed E-state index contributed by atoms with van der Waals surface area (Å²) in [7, 11) is 0. The molecule has 0 aromatic rings. The molecular formula is C16H18Br12. The molecule has 0 radical (unpaired) electrons. The Bertz CT molecular complexity index is 432. The summed E-state index contributed by atoms with van der Waals surface area (Å²) in [6, 6.07) is 0. The van der Waals surface area contributed by atoms with Crippen molar-refractivity contribution in [1.29, 1.82) is 0 Å². The van der Waals surface area contributed by atoms with Gasteiger partial charge in [-0.05, 0) is 23.7 Å². The molecule has 0 spiro atoms. The molecule has 2 fully saturated rings. The van der Waals surface area contributed by atoms with Gasteiger partial charge in [0.25, 0.3) is 0 Å². The van der Waals surface area contributed by atoms with E-state index in [1.807, 2.05) is 0 Å². The summed E-state index contributed by atoms with van der Waals surface area (Å²) in [6.07, 6.45) is 0. The molecule has 2 aliphatic carbocycles. The van der Waals surface area contributed by atoms with Crippen LogP contribution in [0, 0.1) is 23.7 Å². The van der Waals surface area contributed by atoms with Gasteiger partial charge < -0.3 is 0 Å². The fraction of sp³-hybridized carbons (Fsp3) is 1.00. The summed E-state index contributed by atoms with van der Waals surface area (Å²) < 4.78 is 0. The minimum absolute atomic E-state index is 0.346. The Balaban J connectivity index is 2.39. The molecule has 10 atom stereocenters. The summed E-state index contributed by atoms with van der Waals surface area (Å²) in [5, 5.41) is 1.91. The Labute approximate surface area is 269 Å². The van der Waals surface area contributed by atoms with Crippen molar-refractivity contribution in [3.63, 3.8) is 0 Å². The lowest BCUT2D eigenvalue weighted by atomic mass is 9.68. The monoisotopic (exact) mass is 1160 g/mol. The largest absolute Gasteiger partial charge is 0.0925 e. The van der Waals surface area contributed by atoms with Crippen LogP contribution >= 0.6 is 191 Å². The third-order valence-electron chi connectivity index (χ3n) is 5.80. The normalized spacial score (nSPS) is 52.3. The first kappa shape index (κ1) is 30.0. The lowest BCUT2D eigenvalue weighted by Crippen LogP contribution is -2.58. The summed E-state index contributed by atoms with van der Waals surface area (Å²) in [6.45, 7) is 0. The van der Waals surface area contributed by atoms with Gasteiger partial charge in [-0.15, -0.1) is 0 Å². The predicted octanol–water partition coefficient (Wildman–Crippen LogP) is 9.90. The van der Waals surface area contributed by atoms with Gasteiger partial charge in [-0.1, -0.05) is 191 Å². The number of halogens is 12. The second-order valence-corrected chi connectivity index (χ2v) is 19.1. The quantitative estimate of drug-likeness (QED) is 0.241. The smallest absolute Gasteiger partial charge is 0.0418 e. The molecule has 2 saturated carbocycles. The van der Waals surface area contributed by atoms with Crippen LogP contribution in [0.3, 0.4) is 0 Å². The highest BCUT2D eigenvalue weighted by Gasteiger charge is 2.54. The highest BCUT2D eigenvalue weighted by atomic mass is 79.9. The minimum atomic E-state index is 0.346. The molecule has 0 amide bonds. The van der Waals surface area contributed by atoms with Crippen LogP contribution in [0.4, 0.5) is 0 Å². The summed E-state index contributed by atoms with van der Waals surface area (Å²) >= 11 is 47.4. The van der Waals surface area contributed by atoms with Gasteiger partial charge in [0.1, 0.15) is 0 Å². The number of alkyl halides is 12. The van der Waals surface area contributed by atoms with Crippen molar-refractivity contribution in [1.82, 2.24) is 0 Å². The molecule has 28 heavy (non-hydrogen) atoms. The maximum absolute atomic E-state index is 4.04. The highest BCUT2D eigenvalue weighted by Crippen LogP contribution is 2.54. The number of hydrogen-bond acceptors (Lipinski definition) is 0. The summed E-state index contributed by atoms with van der Waals surface area (Å²) in [4.78, 5) is 3.51. The molecule has 2 rings (SSSR count). The lowest BCUT2D eigenvalue weighted by molar-refractivity contribution is 0.173. The van der Waals surface area contributed by atoms with E-state index in [1.54, 1.807) is 0 Å². The molecule has 0 aliphatic heterocycles. The Morgan fingerprint density at radius 1 is 0.357 bits per heavy atom. The average molecular weight is 1170 g/mol. The van der Waals surface area contributed by atoms with Crippen molar-refractivity contribution >= 4 is 191 Å². The maximum Gasteiger partial charge on any atom is 0.0418 e. The van der Waals surface area contributed by atoms with E-state index in [9.17, 15) is 0 Å². The Kier molecular flexibility index (Phi) is 14.3. The number of hydrogen-bond donors (Lipinski definition) is 0. The second kappa shape index (κ2) is 13.3. The number of rotatable bonds is 5. The molecule has 2 aliphatic rings. The van der Waals surface area contributed by atoms with Gasteiger partial charge in [0.15, 0.2) is 0 Å². The molecule has 10 unspecified atom stereocenters. The molecule has 0 saturated heterocycles.